The summed E-state index contributed by atoms with van der Waals surface area (Å²) < 4.78 is 21.6. The van der Waals surface area contributed by atoms with Crippen molar-refractivity contribution in [3.8, 4) is 11.5 Å². The molecule has 0 aliphatic heterocycles. The van der Waals surface area contributed by atoms with Crippen LogP contribution in [0.5, 0.6) is 11.5 Å². The number of thiazole rings is 1. The second-order valence-corrected chi connectivity index (χ2v) is 6.96. The SMILES string of the molecule is COc1ccc(OC)c(NC(=O)COC(=O)COCc2nc3ccccc3s2)c1. The predicted molar refractivity (Wildman–Crippen MR) is 108 cm³/mol. The zero-order chi connectivity index (χ0) is 20.6. The van der Waals surface area contributed by atoms with Crippen LogP contribution in [-0.2, 0) is 25.7 Å². The van der Waals surface area contributed by atoms with Crippen LogP contribution < -0.4 is 14.8 Å². The maximum atomic E-state index is 12.0. The van der Waals surface area contributed by atoms with Gasteiger partial charge in [-0.1, -0.05) is 12.1 Å². The molecular weight excluding hydrogens is 396 g/mol. The van der Waals surface area contributed by atoms with Crippen molar-refractivity contribution in [3.63, 3.8) is 0 Å². The number of amides is 1. The van der Waals surface area contributed by atoms with Crippen LogP contribution in [0.1, 0.15) is 5.01 Å². The summed E-state index contributed by atoms with van der Waals surface area (Å²) in [7, 11) is 3.00. The van der Waals surface area contributed by atoms with Crippen molar-refractivity contribution in [1.82, 2.24) is 4.98 Å². The number of anilines is 1. The molecule has 0 spiro atoms. The van der Waals surface area contributed by atoms with E-state index < -0.39 is 18.5 Å². The number of ether oxygens (including phenoxy) is 4. The summed E-state index contributed by atoms with van der Waals surface area (Å²) >= 11 is 1.50. The van der Waals surface area contributed by atoms with E-state index >= 15 is 0 Å². The highest BCUT2D eigenvalue weighted by Gasteiger charge is 2.12. The topological polar surface area (TPSA) is 96.0 Å². The van der Waals surface area contributed by atoms with Gasteiger partial charge >= 0.3 is 5.97 Å². The highest BCUT2D eigenvalue weighted by molar-refractivity contribution is 7.18. The van der Waals surface area contributed by atoms with Gasteiger partial charge in [0.1, 0.15) is 23.1 Å². The predicted octanol–water partition coefficient (Wildman–Crippen LogP) is 3.01. The third-order valence-electron chi connectivity index (χ3n) is 3.83. The van der Waals surface area contributed by atoms with E-state index in [1.807, 2.05) is 24.3 Å². The van der Waals surface area contributed by atoms with Crippen LogP contribution in [-0.4, -0.2) is 44.3 Å². The Hall–Kier alpha value is -3.17. The van der Waals surface area contributed by atoms with Crippen molar-refractivity contribution >= 4 is 39.1 Å². The maximum Gasteiger partial charge on any atom is 0.332 e. The Balaban J connectivity index is 1.42. The average molecular weight is 416 g/mol. The van der Waals surface area contributed by atoms with Gasteiger partial charge in [0.25, 0.3) is 5.91 Å². The first-order valence-electron chi connectivity index (χ1n) is 8.68. The number of methoxy groups -OCH3 is 2. The standard InChI is InChI=1S/C20H20N2O6S/c1-25-13-7-8-16(26-2)15(9-13)21-18(23)10-28-20(24)12-27-11-19-22-14-5-3-4-6-17(14)29-19/h3-9H,10-12H2,1-2H3,(H,21,23). The van der Waals surface area contributed by atoms with Gasteiger partial charge in [-0.25, -0.2) is 9.78 Å². The molecule has 9 heteroatoms. The lowest BCUT2D eigenvalue weighted by atomic mass is 10.2. The van der Waals surface area contributed by atoms with Gasteiger partial charge in [0.05, 0.1) is 36.7 Å². The fraction of sp³-hybridized carbons (Fsp3) is 0.250. The van der Waals surface area contributed by atoms with Crippen molar-refractivity contribution < 1.29 is 28.5 Å². The van der Waals surface area contributed by atoms with Crippen LogP contribution in [0.3, 0.4) is 0 Å². The highest BCUT2D eigenvalue weighted by Crippen LogP contribution is 2.28. The zero-order valence-corrected chi connectivity index (χ0v) is 16.8. The van der Waals surface area contributed by atoms with E-state index in [4.69, 9.17) is 18.9 Å². The van der Waals surface area contributed by atoms with E-state index in [2.05, 4.69) is 10.3 Å². The average Bonchev–Trinajstić information content (AvgIpc) is 3.15. The molecular formula is C20H20N2O6S. The number of nitrogens with zero attached hydrogens (tertiary/aromatic N) is 1. The fourth-order valence-electron chi connectivity index (χ4n) is 2.49. The second-order valence-electron chi connectivity index (χ2n) is 5.84. The normalized spacial score (nSPS) is 10.6. The molecule has 1 N–H and O–H groups in total. The molecule has 0 atom stereocenters. The van der Waals surface area contributed by atoms with Crippen molar-refractivity contribution in [3.05, 3.63) is 47.5 Å². The zero-order valence-electron chi connectivity index (χ0n) is 16.0. The fourth-order valence-corrected chi connectivity index (χ4v) is 3.39. The summed E-state index contributed by atoms with van der Waals surface area (Å²) in [5.41, 5.74) is 1.31. The quantitative estimate of drug-likeness (QED) is 0.536. The Morgan fingerprint density at radius 2 is 1.90 bits per heavy atom. The number of esters is 1. The van der Waals surface area contributed by atoms with Gasteiger partial charge < -0.3 is 24.3 Å². The summed E-state index contributed by atoms with van der Waals surface area (Å²) in [6.45, 7) is -0.517. The third kappa shape index (κ3) is 5.66. The van der Waals surface area contributed by atoms with Crippen molar-refractivity contribution in [2.45, 2.75) is 6.61 Å². The molecule has 0 aliphatic rings. The van der Waals surface area contributed by atoms with Crippen LogP contribution in [0.15, 0.2) is 42.5 Å². The Morgan fingerprint density at radius 3 is 2.66 bits per heavy atom. The molecule has 3 aromatic rings. The Bertz CT molecular complexity index is 971. The minimum atomic E-state index is -0.640. The molecule has 1 amide bonds. The maximum absolute atomic E-state index is 12.0. The Morgan fingerprint density at radius 1 is 1.07 bits per heavy atom. The van der Waals surface area contributed by atoms with Gasteiger partial charge in [-0.3, -0.25) is 4.79 Å². The number of hydrogen-bond donors (Lipinski definition) is 1. The number of aromatic nitrogens is 1. The van der Waals surface area contributed by atoms with Crippen molar-refractivity contribution in [1.29, 1.82) is 0 Å². The summed E-state index contributed by atoms with van der Waals surface area (Å²) in [4.78, 5) is 28.3. The number of carbonyl (C=O) groups excluding carboxylic acids is 2. The van der Waals surface area contributed by atoms with Gasteiger partial charge in [0, 0.05) is 6.07 Å². The molecule has 0 aliphatic carbocycles. The van der Waals surface area contributed by atoms with E-state index in [1.165, 1.54) is 25.6 Å². The highest BCUT2D eigenvalue weighted by atomic mass is 32.1. The lowest BCUT2D eigenvalue weighted by Crippen LogP contribution is -2.23. The molecule has 1 aromatic heterocycles. The summed E-state index contributed by atoms with van der Waals surface area (Å²) in [5.74, 6) is -0.124. The van der Waals surface area contributed by atoms with Crippen LogP contribution in [0.4, 0.5) is 5.69 Å². The molecule has 152 valence electrons. The van der Waals surface area contributed by atoms with Gasteiger partial charge in [0.15, 0.2) is 6.61 Å². The van der Waals surface area contributed by atoms with Gasteiger partial charge in [-0.15, -0.1) is 11.3 Å². The molecule has 1 heterocycles. The number of fused-ring (bicyclic) bond motifs is 1. The number of nitrogens with one attached hydrogen (secondary N) is 1. The van der Waals surface area contributed by atoms with E-state index in [-0.39, 0.29) is 13.2 Å². The second kappa shape index (κ2) is 9.85. The minimum absolute atomic E-state index is 0.196. The number of carbonyl (C=O) groups is 2. The van der Waals surface area contributed by atoms with Gasteiger partial charge in [-0.2, -0.15) is 0 Å². The number of rotatable bonds is 9. The Labute approximate surface area is 171 Å². The molecule has 0 radical (unpaired) electrons. The molecule has 0 bridgehead atoms. The first-order valence-corrected chi connectivity index (χ1v) is 9.50. The lowest BCUT2D eigenvalue weighted by molar-refractivity contribution is -0.152. The van der Waals surface area contributed by atoms with Crippen LogP contribution in [0.2, 0.25) is 0 Å². The summed E-state index contributed by atoms with van der Waals surface area (Å²) in [5, 5.41) is 3.38. The van der Waals surface area contributed by atoms with Gasteiger partial charge in [-0.05, 0) is 24.3 Å². The smallest absolute Gasteiger partial charge is 0.332 e. The van der Waals surface area contributed by atoms with Crippen LogP contribution in [0, 0.1) is 0 Å². The first-order chi connectivity index (χ1) is 14.1. The van der Waals surface area contributed by atoms with E-state index in [1.54, 1.807) is 18.2 Å². The van der Waals surface area contributed by atoms with Crippen LogP contribution in [0.25, 0.3) is 10.2 Å². The summed E-state index contributed by atoms with van der Waals surface area (Å²) in [6.07, 6.45) is 0. The van der Waals surface area contributed by atoms with E-state index in [0.29, 0.717) is 17.2 Å². The molecule has 0 saturated carbocycles. The van der Waals surface area contributed by atoms with E-state index in [0.717, 1.165) is 15.2 Å². The largest absolute Gasteiger partial charge is 0.497 e. The molecule has 8 nitrogen and oxygen atoms in total. The van der Waals surface area contributed by atoms with Crippen molar-refractivity contribution in [2.24, 2.45) is 0 Å². The molecule has 0 unspecified atom stereocenters. The molecule has 2 aromatic carbocycles. The number of benzene rings is 2. The molecule has 0 saturated heterocycles. The third-order valence-corrected chi connectivity index (χ3v) is 4.84. The summed E-state index contributed by atoms with van der Waals surface area (Å²) in [6, 6.07) is 12.7. The lowest BCUT2D eigenvalue weighted by Gasteiger charge is -2.12. The monoisotopic (exact) mass is 416 g/mol. The van der Waals surface area contributed by atoms with Gasteiger partial charge in [0.2, 0.25) is 0 Å². The molecule has 29 heavy (non-hydrogen) atoms. The van der Waals surface area contributed by atoms with Crippen LogP contribution >= 0.6 is 11.3 Å². The van der Waals surface area contributed by atoms with Crippen molar-refractivity contribution in [2.75, 3.05) is 32.8 Å². The molecule has 0 fully saturated rings. The Kier molecular flexibility index (Phi) is 6.99. The first kappa shape index (κ1) is 20.6. The minimum Gasteiger partial charge on any atom is -0.497 e. The number of para-hydroxylation sites is 1. The van der Waals surface area contributed by atoms with E-state index in [9.17, 15) is 9.59 Å². The number of hydrogen-bond acceptors (Lipinski definition) is 8. The molecule has 3 rings (SSSR count).